The average molecular weight is 259 g/mol. The van der Waals surface area contributed by atoms with Crippen LogP contribution in [0.1, 0.15) is 38.2 Å². The Kier molecular flexibility index (Phi) is 3.45. The standard InChI is InChI=1S/C16H21NO2/c1-12-10-17(16(18)13-6-2-3-7-13)11-14-8-4-5-9-15(14)19-12/h4-5,8-9,12-13H,2-3,6-7,10-11H2,1H3. The minimum atomic E-state index is 0.0639. The van der Waals surface area contributed by atoms with Gasteiger partial charge in [-0.3, -0.25) is 4.79 Å². The van der Waals surface area contributed by atoms with Gasteiger partial charge in [-0.05, 0) is 25.8 Å². The summed E-state index contributed by atoms with van der Waals surface area (Å²) in [5.74, 6) is 1.50. The molecule has 0 spiro atoms. The van der Waals surface area contributed by atoms with Crippen LogP contribution in [0.4, 0.5) is 0 Å². The average Bonchev–Trinajstić information content (AvgIpc) is 2.87. The summed E-state index contributed by atoms with van der Waals surface area (Å²) in [6, 6.07) is 8.05. The monoisotopic (exact) mass is 259 g/mol. The zero-order valence-corrected chi connectivity index (χ0v) is 11.5. The SMILES string of the molecule is CC1CN(C(=O)C2CCCC2)Cc2ccccc2O1. The Labute approximate surface area is 114 Å². The molecule has 3 rings (SSSR count). The Hall–Kier alpha value is -1.51. The second-order valence-corrected chi connectivity index (χ2v) is 5.74. The fraction of sp³-hybridized carbons (Fsp3) is 0.562. The highest BCUT2D eigenvalue weighted by Crippen LogP contribution is 2.30. The Bertz CT molecular complexity index is 466. The number of benzene rings is 1. The number of hydrogen-bond donors (Lipinski definition) is 0. The summed E-state index contributed by atoms with van der Waals surface area (Å²) < 4.78 is 5.91. The van der Waals surface area contributed by atoms with Crippen LogP contribution in [-0.2, 0) is 11.3 Å². The summed E-state index contributed by atoms with van der Waals surface area (Å²) in [7, 11) is 0. The van der Waals surface area contributed by atoms with Crippen molar-refractivity contribution in [1.82, 2.24) is 4.90 Å². The summed E-state index contributed by atoms with van der Waals surface area (Å²) in [5, 5.41) is 0. The molecule has 1 aliphatic heterocycles. The van der Waals surface area contributed by atoms with E-state index in [0.717, 1.165) is 24.2 Å². The summed E-state index contributed by atoms with van der Waals surface area (Å²) in [5.41, 5.74) is 1.12. The predicted molar refractivity (Wildman–Crippen MR) is 73.9 cm³/mol. The van der Waals surface area contributed by atoms with Gasteiger partial charge in [-0.25, -0.2) is 0 Å². The van der Waals surface area contributed by atoms with E-state index in [1.54, 1.807) is 0 Å². The maximum Gasteiger partial charge on any atom is 0.226 e. The molecule has 1 fully saturated rings. The van der Waals surface area contributed by atoms with Crippen LogP contribution in [0.25, 0.3) is 0 Å². The van der Waals surface area contributed by atoms with Crippen LogP contribution in [0.2, 0.25) is 0 Å². The van der Waals surface area contributed by atoms with Crippen molar-refractivity contribution in [3.63, 3.8) is 0 Å². The first-order valence-corrected chi connectivity index (χ1v) is 7.27. The zero-order chi connectivity index (χ0) is 13.2. The van der Waals surface area contributed by atoms with Crippen molar-refractivity contribution < 1.29 is 9.53 Å². The van der Waals surface area contributed by atoms with Gasteiger partial charge in [-0.2, -0.15) is 0 Å². The second-order valence-electron chi connectivity index (χ2n) is 5.74. The van der Waals surface area contributed by atoms with E-state index in [1.165, 1.54) is 12.8 Å². The first kappa shape index (κ1) is 12.5. The Morgan fingerprint density at radius 2 is 2.00 bits per heavy atom. The molecule has 19 heavy (non-hydrogen) atoms. The molecule has 1 amide bonds. The van der Waals surface area contributed by atoms with Gasteiger partial charge in [0.15, 0.2) is 0 Å². The quantitative estimate of drug-likeness (QED) is 0.776. The highest BCUT2D eigenvalue weighted by atomic mass is 16.5. The number of carbonyl (C=O) groups is 1. The number of nitrogens with zero attached hydrogens (tertiary/aromatic N) is 1. The van der Waals surface area contributed by atoms with E-state index in [1.807, 2.05) is 30.0 Å². The molecule has 3 heteroatoms. The third-order valence-electron chi connectivity index (χ3n) is 4.16. The molecule has 1 aromatic rings. The second kappa shape index (κ2) is 5.24. The zero-order valence-electron chi connectivity index (χ0n) is 11.5. The molecule has 0 bridgehead atoms. The van der Waals surface area contributed by atoms with Gasteiger partial charge >= 0.3 is 0 Å². The Balaban J connectivity index is 1.81. The highest BCUT2D eigenvalue weighted by Gasteiger charge is 2.30. The van der Waals surface area contributed by atoms with Gasteiger partial charge in [0.25, 0.3) is 0 Å². The molecule has 0 saturated heterocycles. The van der Waals surface area contributed by atoms with Crippen LogP contribution >= 0.6 is 0 Å². The fourth-order valence-electron chi connectivity index (χ4n) is 3.18. The van der Waals surface area contributed by atoms with E-state index in [0.29, 0.717) is 19.0 Å². The highest BCUT2D eigenvalue weighted by molar-refractivity contribution is 5.79. The number of ether oxygens (including phenoxy) is 1. The van der Waals surface area contributed by atoms with Crippen LogP contribution in [0.15, 0.2) is 24.3 Å². The van der Waals surface area contributed by atoms with E-state index in [-0.39, 0.29) is 12.0 Å². The summed E-state index contributed by atoms with van der Waals surface area (Å²) in [6.07, 6.45) is 4.59. The van der Waals surface area contributed by atoms with E-state index in [4.69, 9.17) is 4.74 Å². The molecular formula is C16H21NO2. The molecule has 1 aromatic carbocycles. The van der Waals surface area contributed by atoms with Gasteiger partial charge in [0.05, 0.1) is 6.54 Å². The van der Waals surface area contributed by atoms with E-state index >= 15 is 0 Å². The van der Waals surface area contributed by atoms with Crippen molar-refractivity contribution in [3.8, 4) is 5.75 Å². The van der Waals surface area contributed by atoms with Gasteiger partial charge in [0.2, 0.25) is 5.91 Å². The fourth-order valence-corrected chi connectivity index (χ4v) is 3.18. The predicted octanol–water partition coefficient (Wildman–Crippen LogP) is 2.99. The van der Waals surface area contributed by atoms with Gasteiger partial charge in [0, 0.05) is 18.0 Å². The van der Waals surface area contributed by atoms with E-state index in [9.17, 15) is 4.79 Å². The van der Waals surface area contributed by atoms with Gasteiger partial charge in [-0.1, -0.05) is 31.0 Å². The van der Waals surface area contributed by atoms with Crippen LogP contribution < -0.4 is 4.74 Å². The van der Waals surface area contributed by atoms with E-state index < -0.39 is 0 Å². The van der Waals surface area contributed by atoms with Crippen LogP contribution in [0.3, 0.4) is 0 Å². The molecule has 3 nitrogen and oxygen atoms in total. The molecule has 1 unspecified atom stereocenters. The van der Waals surface area contributed by atoms with Crippen molar-refractivity contribution >= 4 is 5.91 Å². The number of rotatable bonds is 1. The summed E-state index contributed by atoms with van der Waals surface area (Å²) >= 11 is 0. The molecule has 1 saturated carbocycles. The lowest BCUT2D eigenvalue weighted by Crippen LogP contribution is -2.39. The van der Waals surface area contributed by atoms with Crippen molar-refractivity contribution in [3.05, 3.63) is 29.8 Å². The van der Waals surface area contributed by atoms with Crippen molar-refractivity contribution in [2.45, 2.75) is 45.3 Å². The molecule has 0 aromatic heterocycles. The lowest BCUT2D eigenvalue weighted by molar-refractivity contribution is -0.136. The van der Waals surface area contributed by atoms with E-state index in [2.05, 4.69) is 6.07 Å². The maximum absolute atomic E-state index is 12.6. The molecule has 1 atom stereocenters. The lowest BCUT2D eigenvalue weighted by atomic mass is 10.1. The van der Waals surface area contributed by atoms with Gasteiger partial charge in [0.1, 0.15) is 11.9 Å². The third kappa shape index (κ3) is 2.60. The lowest BCUT2D eigenvalue weighted by Gasteiger charge is -2.25. The minimum Gasteiger partial charge on any atom is -0.489 e. The topological polar surface area (TPSA) is 29.5 Å². The molecule has 1 heterocycles. The van der Waals surface area contributed by atoms with Gasteiger partial charge < -0.3 is 9.64 Å². The van der Waals surface area contributed by atoms with Gasteiger partial charge in [-0.15, -0.1) is 0 Å². The number of hydrogen-bond acceptors (Lipinski definition) is 2. The normalized spacial score (nSPS) is 23.6. The molecule has 0 radical (unpaired) electrons. The van der Waals surface area contributed by atoms with Crippen LogP contribution in [0.5, 0.6) is 5.75 Å². The van der Waals surface area contributed by atoms with Crippen LogP contribution in [0, 0.1) is 5.92 Å². The first-order valence-electron chi connectivity index (χ1n) is 7.27. The van der Waals surface area contributed by atoms with Crippen molar-refractivity contribution in [2.24, 2.45) is 5.92 Å². The smallest absolute Gasteiger partial charge is 0.226 e. The number of fused-ring (bicyclic) bond motifs is 1. The Morgan fingerprint density at radius 3 is 2.79 bits per heavy atom. The van der Waals surface area contributed by atoms with Crippen LogP contribution in [-0.4, -0.2) is 23.5 Å². The Morgan fingerprint density at radius 1 is 1.26 bits per heavy atom. The van der Waals surface area contributed by atoms with Crippen molar-refractivity contribution in [2.75, 3.05) is 6.54 Å². The number of para-hydroxylation sites is 1. The first-order chi connectivity index (χ1) is 9.24. The maximum atomic E-state index is 12.6. The number of carbonyl (C=O) groups excluding carboxylic acids is 1. The molecular weight excluding hydrogens is 238 g/mol. The largest absolute Gasteiger partial charge is 0.489 e. The molecule has 0 N–H and O–H groups in total. The molecule has 2 aliphatic rings. The minimum absolute atomic E-state index is 0.0639. The number of amides is 1. The molecule has 102 valence electrons. The summed E-state index contributed by atoms with van der Waals surface area (Å²) in [4.78, 5) is 14.6. The summed E-state index contributed by atoms with van der Waals surface area (Å²) in [6.45, 7) is 3.43. The van der Waals surface area contributed by atoms with Crippen molar-refractivity contribution in [1.29, 1.82) is 0 Å². The third-order valence-corrected chi connectivity index (χ3v) is 4.16. The molecule has 1 aliphatic carbocycles.